The zero-order valence-corrected chi connectivity index (χ0v) is 16.7. The van der Waals surface area contributed by atoms with Gasteiger partial charge >= 0.3 is 0 Å². The normalized spacial score (nSPS) is 11.3. The van der Waals surface area contributed by atoms with Gasteiger partial charge < -0.3 is 0 Å². The summed E-state index contributed by atoms with van der Waals surface area (Å²) >= 11 is 4.10. The van der Waals surface area contributed by atoms with Crippen LogP contribution in [0.5, 0.6) is 0 Å². The molecule has 0 radical (unpaired) electrons. The van der Waals surface area contributed by atoms with Crippen LogP contribution in [0, 0.1) is 3.70 Å². The van der Waals surface area contributed by atoms with Crippen molar-refractivity contribution < 1.29 is 0 Å². The first-order chi connectivity index (χ1) is 12.8. The lowest BCUT2D eigenvalue weighted by molar-refractivity contribution is 1.15. The fourth-order valence-corrected chi connectivity index (χ4v) is 4.97. The summed E-state index contributed by atoms with van der Waals surface area (Å²) < 4.78 is 3.54. The summed E-state index contributed by atoms with van der Waals surface area (Å²) in [6.07, 6.45) is 0. The van der Waals surface area contributed by atoms with Crippen molar-refractivity contribution in [3.63, 3.8) is 0 Å². The number of rotatable bonds is 2. The minimum Gasteiger partial charge on any atom is -0.228 e. The number of halogens is 1. The highest BCUT2D eigenvalue weighted by Crippen LogP contribution is 2.39. The maximum absolute atomic E-state index is 4.89. The molecule has 0 amide bonds. The van der Waals surface area contributed by atoms with Crippen LogP contribution in [0.15, 0.2) is 78.9 Å². The minimum absolute atomic E-state index is 0.769. The second kappa shape index (κ2) is 6.45. The molecule has 0 aliphatic rings. The Morgan fingerprint density at radius 3 is 2.38 bits per heavy atom. The Morgan fingerprint density at radius 2 is 1.50 bits per heavy atom. The zero-order chi connectivity index (χ0) is 17.5. The molecule has 124 valence electrons. The van der Waals surface area contributed by atoms with E-state index >= 15 is 0 Å². The third-order valence-electron chi connectivity index (χ3n) is 4.41. The monoisotopic (exact) mass is 464 g/mol. The molecule has 2 heterocycles. The Morgan fingerprint density at radius 1 is 0.731 bits per heavy atom. The molecule has 0 aliphatic carbocycles. The number of benzene rings is 3. The second-order valence-electron chi connectivity index (χ2n) is 6.05. The molecule has 0 unspecified atom stereocenters. The SMILES string of the molecule is Ic1cc(-c2cccc3c2sc2ccccc23)nc(-c2ccccc2)n1. The summed E-state index contributed by atoms with van der Waals surface area (Å²) in [4.78, 5) is 9.52. The average Bonchev–Trinajstić information content (AvgIpc) is 3.07. The second-order valence-corrected chi connectivity index (χ2v) is 8.20. The molecule has 0 bridgehead atoms. The number of hydrogen-bond donors (Lipinski definition) is 0. The van der Waals surface area contributed by atoms with Gasteiger partial charge in [-0.05, 0) is 34.7 Å². The van der Waals surface area contributed by atoms with Crippen LogP contribution in [-0.4, -0.2) is 9.97 Å². The number of hydrogen-bond acceptors (Lipinski definition) is 3. The molecule has 2 aromatic heterocycles. The molecule has 0 fully saturated rings. The van der Waals surface area contributed by atoms with Gasteiger partial charge in [-0.15, -0.1) is 11.3 Å². The molecule has 0 saturated carbocycles. The topological polar surface area (TPSA) is 25.8 Å². The van der Waals surface area contributed by atoms with E-state index in [1.807, 2.05) is 29.5 Å². The van der Waals surface area contributed by atoms with Crippen molar-refractivity contribution in [1.29, 1.82) is 0 Å². The molecule has 3 aromatic carbocycles. The van der Waals surface area contributed by atoms with E-state index in [0.717, 1.165) is 20.8 Å². The molecular formula is C22H13IN2S. The first-order valence-electron chi connectivity index (χ1n) is 8.30. The Bertz CT molecular complexity index is 1250. The largest absolute Gasteiger partial charge is 0.228 e. The van der Waals surface area contributed by atoms with Gasteiger partial charge in [0.15, 0.2) is 5.82 Å². The molecule has 0 aliphatic heterocycles. The van der Waals surface area contributed by atoms with Gasteiger partial charge in [-0.1, -0.05) is 66.7 Å². The van der Waals surface area contributed by atoms with Gasteiger partial charge in [0.2, 0.25) is 0 Å². The Kier molecular flexibility index (Phi) is 3.94. The van der Waals surface area contributed by atoms with E-state index < -0.39 is 0 Å². The van der Waals surface area contributed by atoms with Crippen molar-refractivity contribution in [2.24, 2.45) is 0 Å². The van der Waals surface area contributed by atoms with Gasteiger partial charge in [-0.25, -0.2) is 9.97 Å². The van der Waals surface area contributed by atoms with Gasteiger partial charge in [0, 0.05) is 31.3 Å². The van der Waals surface area contributed by atoms with Crippen molar-refractivity contribution in [3.05, 3.63) is 82.6 Å². The Hall–Kier alpha value is -2.31. The van der Waals surface area contributed by atoms with E-state index in [9.17, 15) is 0 Å². The predicted molar refractivity (Wildman–Crippen MR) is 119 cm³/mol. The number of fused-ring (bicyclic) bond motifs is 3. The van der Waals surface area contributed by atoms with Crippen LogP contribution in [0.4, 0.5) is 0 Å². The molecule has 0 atom stereocenters. The highest BCUT2D eigenvalue weighted by atomic mass is 127. The third-order valence-corrected chi connectivity index (χ3v) is 6.18. The fourth-order valence-electron chi connectivity index (χ4n) is 3.22. The van der Waals surface area contributed by atoms with E-state index in [1.165, 1.54) is 25.7 Å². The summed E-state index contributed by atoms with van der Waals surface area (Å²) in [7, 11) is 0. The summed E-state index contributed by atoms with van der Waals surface area (Å²) in [5.41, 5.74) is 3.18. The number of aromatic nitrogens is 2. The van der Waals surface area contributed by atoms with E-state index in [-0.39, 0.29) is 0 Å². The molecular weight excluding hydrogens is 451 g/mol. The van der Waals surface area contributed by atoms with Crippen LogP contribution in [0.1, 0.15) is 0 Å². The molecule has 0 N–H and O–H groups in total. The van der Waals surface area contributed by atoms with Crippen LogP contribution < -0.4 is 0 Å². The van der Waals surface area contributed by atoms with E-state index in [1.54, 1.807) is 0 Å². The van der Waals surface area contributed by atoms with E-state index in [0.29, 0.717) is 0 Å². The summed E-state index contributed by atoms with van der Waals surface area (Å²) in [6.45, 7) is 0. The smallest absolute Gasteiger partial charge is 0.160 e. The standard InChI is InChI=1S/C22H13IN2S/c23-20-13-18(24-22(25-20)14-7-2-1-3-8-14)17-11-6-10-16-15-9-4-5-12-19(15)26-21(16)17/h1-13H. The Labute approximate surface area is 168 Å². The first kappa shape index (κ1) is 15.9. The first-order valence-corrected chi connectivity index (χ1v) is 10.2. The maximum Gasteiger partial charge on any atom is 0.160 e. The lowest BCUT2D eigenvalue weighted by Gasteiger charge is -2.07. The van der Waals surface area contributed by atoms with Gasteiger partial charge in [0.25, 0.3) is 0 Å². The number of nitrogens with zero attached hydrogens (tertiary/aromatic N) is 2. The van der Waals surface area contributed by atoms with Crippen molar-refractivity contribution in [1.82, 2.24) is 9.97 Å². The van der Waals surface area contributed by atoms with Crippen LogP contribution in [0.2, 0.25) is 0 Å². The van der Waals surface area contributed by atoms with Crippen LogP contribution >= 0.6 is 33.9 Å². The van der Waals surface area contributed by atoms with Crippen molar-refractivity contribution in [3.8, 4) is 22.6 Å². The Balaban J connectivity index is 1.77. The van der Waals surface area contributed by atoms with Crippen LogP contribution in [-0.2, 0) is 0 Å². The van der Waals surface area contributed by atoms with E-state index in [4.69, 9.17) is 4.98 Å². The lowest BCUT2D eigenvalue weighted by Crippen LogP contribution is -1.95. The molecule has 2 nitrogen and oxygen atoms in total. The lowest BCUT2D eigenvalue weighted by atomic mass is 10.1. The number of thiophene rings is 1. The molecule has 5 rings (SSSR count). The predicted octanol–water partition coefficient (Wildman–Crippen LogP) is 6.78. The van der Waals surface area contributed by atoms with Gasteiger partial charge in [0.05, 0.1) is 5.69 Å². The highest BCUT2D eigenvalue weighted by Gasteiger charge is 2.13. The summed E-state index contributed by atoms with van der Waals surface area (Å²) in [5.74, 6) is 0.769. The average molecular weight is 464 g/mol. The molecule has 5 aromatic rings. The summed E-state index contributed by atoms with van der Waals surface area (Å²) in [6, 6.07) is 27.3. The maximum atomic E-state index is 4.89. The quantitative estimate of drug-likeness (QED) is 0.213. The highest BCUT2D eigenvalue weighted by molar-refractivity contribution is 14.1. The van der Waals surface area contributed by atoms with Gasteiger partial charge in [0.1, 0.15) is 3.70 Å². The molecule has 26 heavy (non-hydrogen) atoms. The van der Waals surface area contributed by atoms with E-state index in [2.05, 4.69) is 88.2 Å². The molecule has 4 heteroatoms. The third kappa shape index (κ3) is 2.70. The zero-order valence-electron chi connectivity index (χ0n) is 13.7. The minimum atomic E-state index is 0.769. The van der Waals surface area contributed by atoms with Crippen LogP contribution in [0.3, 0.4) is 0 Å². The fraction of sp³-hybridized carbons (Fsp3) is 0. The summed E-state index contributed by atoms with van der Waals surface area (Å²) in [5, 5.41) is 2.60. The van der Waals surface area contributed by atoms with Crippen molar-refractivity contribution >= 4 is 54.1 Å². The van der Waals surface area contributed by atoms with Crippen LogP contribution in [0.25, 0.3) is 42.8 Å². The molecule has 0 saturated heterocycles. The van der Waals surface area contributed by atoms with Gasteiger partial charge in [-0.2, -0.15) is 0 Å². The van der Waals surface area contributed by atoms with Crippen molar-refractivity contribution in [2.45, 2.75) is 0 Å². The van der Waals surface area contributed by atoms with Crippen molar-refractivity contribution in [2.75, 3.05) is 0 Å². The molecule has 0 spiro atoms. The van der Waals surface area contributed by atoms with Gasteiger partial charge in [-0.3, -0.25) is 0 Å².